The van der Waals surface area contributed by atoms with Crippen LogP contribution in [-0.4, -0.2) is 10.1 Å². The van der Waals surface area contributed by atoms with Gasteiger partial charge in [0.25, 0.3) is 0 Å². The van der Waals surface area contributed by atoms with Crippen molar-refractivity contribution in [2.75, 3.05) is 5.32 Å². The number of nitrogens with zero attached hydrogens (tertiary/aromatic N) is 1. The van der Waals surface area contributed by atoms with Crippen molar-refractivity contribution in [1.29, 1.82) is 0 Å². The summed E-state index contributed by atoms with van der Waals surface area (Å²) < 4.78 is 0.972. The lowest BCUT2D eigenvalue weighted by molar-refractivity contribution is 0.469. The summed E-state index contributed by atoms with van der Waals surface area (Å²) in [6.45, 7) is 2.51. The molecule has 2 N–H and O–H groups in total. The molecule has 0 bridgehead atoms. The van der Waals surface area contributed by atoms with Gasteiger partial charge < -0.3 is 10.4 Å². The molecule has 0 aliphatic heterocycles. The van der Waals surface area contributed by atoms with Crippen LogP contribution < -0.4 is 5.32 Å². The summed E-state index contributed by atoms with van der Waals surface area (Å²) in [4.78, 5) is 4.24. The monoisotopic (exact) mass is 292 g/mol. The summed E-state index contributed by atoms with van der Waals surface area (Å²) in [5.41, 5.74) is 2.74. The first-order chi connectivity index (χ1) is 8.16. The zero-order valence-electron chi connectivity index (χ0n) is 9.44. The van der Waals surface area contributed by atoms with Gasteiger partial charge >= 0.3 is 0 Å². The van der Waals surface area contributed by atoms with Gasteiger partial charge in [0.2, 0.25) is 0 Å². The van der Waals surface area contributed by atoms with Crippen molar-refractivity contribution in [2.24, 2.45) is 0 Å². The Labute approximate surface area is 109 Å². The zero-order chi connectivity index (χ0) is 12.3. The molecule has 1 aromatic heterocycles. The van der Waals surface area contributed by atoms with E-state index in [1.165, 1.54) is 0 Å². The van der Waals surface area contributed by atoms with Crippen molar-refractivity contribution >= 4 is 21.6 Å². The molecular weight excluding hydrogens is 280 g/mol. The maximum atomic E-state index is 9.62. The second-order valence-corrected chi connectivity index (χ2v) is 4.63. The first kappa shape index (κ1) is 11.9. The van der Waals surface area contributed by atoms with Crippen molar-refractivity contribution in [3.05, 3.63) is 52.3 Å². The molecule has 17 heavy (non-hydrogen) atoms. The number of aryl methyl sites for hydroxylation is 1. The Hall–Kier alpha value is -1.55. The summed E-state index contributed by atoms with van der Waals surface area (Å²) >= 11 is 3.43. The van der Waals surface area contributed by atoms with Crippen LogP contribution in [0.15, 0.2) is 41.0 Å². The number of para-hydroxylation sites is 1. The van der Waals surface area contributed by atoms with Crippen LogP contribution in [0, 0.1) is 6.92 Å². The van der Waals surface area contributed by atoms with E-state index in [0.29, 0.717) is 12.3 Å². The molecule has 88 valence electrons. The average molecular weight is 293 g/mol. The molecule has 0 radical (unpaired) electrons. The smallest absolute Gasteiger partial charge is 0.120 e. The molecule has 0 fully saturated rings. The Bertz CT molecular complexity index is 529. The van der Waals surface area contributed by atoms with Gasteiger partial charge in [-0.1, -0.05) is 18.2 Å². The molecule has 0 saturated heterocycles. The number of benzene rings is 1. The lowest BCUT2D eigenvalue weighted by atomic mass is 10.2. The molecule has 0 spiro atoms. The molecule has 0 aliphatic rings. The molecule has 1 heterocycles. The second kappa shape index (κ2) is 5.19. The number of phenolic OH excluding ortho intramolecular Hbond substituents is 1. The minimum atomic E-state index is 0.305. The van der Waals surface area contributed by atoms with Crippen molar-refractivity contribution in [1.82, 2.24) is 4.98 Å². The molecule has 4 heteroatoms. The van der Waals surface area contributed by atoms with Gasteiger partial charge in [-0.05, 0) is 35.0 Å². The highest BCUT2D eigenvalue weighted by atomic mass is 79.9. The van der Waals surface area contributed by atoms with E-state index >= 15 is 0 Å². The van der Waals surface area contributed by atoms with Gasteiger partial charge in [0.15, 0.2) is 0 Å². The van der Waals surface area contributed by atoms with Gasteiger partial charge in [0.1, 0.15) is 5.75 Å². The van der Waals surface area contributed by atoms with Crippen LogP contribution in [0.3, 0.4) is 0 Å². The summed E-state index contributed by atoms with van der Waals surface area (Å²) in [5, 5.41) is 12.8. The molecule has 0 unspecified atom stereocenters. The van der Waals surface area contributed by atoms with Gasteiger partial charge in [-0.15, -0.1) is 0 Å². The largest absolute Gasteiger partial charge is 0.508 e. The van der Waals surface area contributed by atoms with E-state index in [9.17, 15) is 5.11 Å². The number of anilines is 1. The zero-order valence-corrected chi connectivity index (χ0v) is 11.0. The maximum Gasteiger partial charge on any atom is 0.120 e. The molecule has 0 amide bonds. The second-order valence-electron chi connectivity index (χ2n) is 3.77. The Morgan fingerprint density at radius 3 is 2.82 bits per heavy atom. The summed E-state index contributed by atoms with van der Waals surface area (Å²) in [6, 6.07) is 9.25. The lowest BCUT2D eigenvalue weighted by Gasteiger charge is -2.08. The Morgan fingerprint density at radius 2 is 2.12 bits per heavy atom. The van der Waals surface area contributed by atoms with Gasteiger partial charge in [-0.25, -0.2) is 0 Å². The third-order valence-electron chi connectivity index (χ3n) is 2.50. The van der Waals surface area contributed by atoms with Crippen LogP contribution in [0.1, 0.15) is 11.3 Å². The normalized spacial score (nSPS) is 10.2. The van der Waals surface area contributed by atoms with Crippen LogP contribution >= 0.6 is 15.9 Å². The lowest BCUT2D eigenvalue weighted by Crippen LogP contribution is -2.00. The number of nitrogens with one attached hydrogen (secondary N) is 1. The number of phenols is 1. The minimum absolute atomic E-state index is 0.305. The van der Waals surface area contributed by atoms with E-state index in [1.807, 2.05) is 31.2 Å². The molecule has 1 aromatic carbocycles. The highest BCUT2D eigenvalue weighted by Gasteiger charge is 2.01. The Morgan fingerprint density at radius 1 is 1.35 bits per heavy atom. The number of aromatic nitrogens is 1. The van der Waals surface area contributed by atoms with E-state index in [-0.39, 0.29) is 0 Å². The number of hydrogen-bond acceptors (Lipinski definition) is 3. The van der Waals surface area contributed by atoms with E-state index < -0.39 is 0 Å². The fourth-order valence-corrected chi connectivity index (χ4v) is 1.81. The van der Waals surface area contributed by atoms with Crippen LogP contribution in [0.5, 0.6) is 5.75 Å². The molecule has 3 nitrogen and oxygen atoms in total. The topological polar surface area (TPSA) is 45.2 Å². The SMILES string of the molecule is Cc1ncc(NCc2ccccc2O)cc1Br. The quantitative estimate of drug-likeness (QED) is 0.910. The van der Waals surface area contributed by atoms with Crippen LogP contribution in [-0.2, 0) is 6.54 Å². The average Bonchev–Trinajstić information content (AvgIpc) is 2.32. The summed E-state index contributed by atoms with van der Waals surface area (Å²) in [6.07, 6.45) is 1.78. The predicted molar refractivity (Wildman–Crippen MR) is 72.1 cm³/mol. The minimum Gasteiger partial charge on any atom is -0.508 e. The summed E-state index contributed by atoms with van der Waals surface area (Å²) in [5.74, 6) is 0.305. The highest BCUT2D eigenvalue weighted by molar-refractivity contribution is 9.10. The number of rotatable bonds is 3. The van der Waals surface area contributed by atoms with Gasteiger partial charge in [-0.3, -0.25) is 4.98 Å². The predicted octanol–water partition coefficient (Wildman–Crippen LogP) is 3.47. The van der Waals surface area contributed by atoms with Crippen molar-refractivity contribution in [3.8, 4) is 5.75 Å². The van der Waals surface area contributed by atoms with E-state index in [4.69, 9.17) is 0 Å². The fourth-order valence-electron chi connectivity index (χ4n) is 1.46. The number of pyridine rings is 1. The summed E-state index contributed by atoms with van der Waals surface area (Å²) in [7, 11) is 0. The maximum absolute atomic E-state index is 9.62. The Balaban J connectivity index is 2.08. The van der Waals surface area contributed by atoms with E-state index in [2.05, 4.69) is 26.2 Å². The van der Waals surface area contributed by atoms with E-state index in [0.717, 1.165) is 21.4 Å². The van der Waals surface area contributed by atoms with Gasteiger partial charge in [0, 0.05) is 16.6 Å². The number of hydrogen-bond donors (Lipinski definition) is 2. The van der Waals surface area contributed by atoms with Crippen LogP contribution in [0.2, 0.25) is 0 Å². The van der Waals surface area contributed by atoms with Crippen molar-refractivity contribution in [3.63, 3.8) is 0 Å². The number of aromatic hydroxyl groups is 1. The molecule has 0 saturated carbocycles. The van der Waals surface area contributed by atoms with Crippen LogP contribution in [0.4, 0.5) is 5.69 Å². The third kappa shape index (κ3) is 2.97. The third-order valence-corrected chi connectivity index (χ3v) is 3.30. The molecule has 2 aromatic rings. The fraction of sp³-hybridized carbons (Fsp3) is 0.154. The molecular formula is C13H13BrN2O. The molecule has 0 aliphatic carbocycles. The van der Waals surface area contributed by atoms with E-state index in [1.54, 1.807) is 12.3 Å². The van der Waals surface area contributed by atoms with Gasteiger partial charge in [0.05, 0.1) is 17.6 Å². The van der Waals surface area contributed by atoms with Gasteiger partial charge in [-0.2, -0.15) is 0 Å². The standard InChI is InChI=1S/C13H13BrN2O/c1-9-12(14)6-11(8-15-9)16-7-10-4-2-3-5-13(10)17/h2-6,8,16-17H,7H2,1H3. The van der Waals surface area contributed by atoms with Crippen LogP contribution in [0.25, 0.3) is 0 Å². The first-order valence-electron chi connectivity index (χ1n) is 5.29. The van der Waals surface area contributed by atoms with Crippen molar-refractivity contribution in [2.45, 2.75) is 13.5 Å². The molecule has 0 atom stereocenters. The highest BCUT2D eigenvalue weighted by Crippen LogP contribution is 2.20. The first-order valence-corrected chi connectivity index (χ1v) is 6.09. The van der Waals surface area contributed by atoms with Crippen molar-refractivity contribution < 1.29 is 5.11 Å². The Kier molecular flexibility index (Phi) is 3.64. The number of halogens is 1. The molecule has 2 rings (SSSR count).